The smallest absolute Gasteiger partial charge is 0.153 e. The van der Waals surface area contributed by atoms with Gasteiger partial charge < -0.3 is 9.64 Å². The second kappa shape index (κ2) is 12.0. The molecule has 0 fully saturated rings. The summed E-state index contributed by atoms with van der Waals surface area (Å²) in [6.07, 6.45) is 5.18. The maximum Gasteiger partial charge on any atom is 0.153 e. The number of nitrogens with zero attached hydrogens (tertiary/aromatic N) is 2. The third-order valence-electron chi connectivity index (χ3n) is 10.3. The third kappa shape index (κ3) is 4.90. The van der Waals surface area contributed by atoms with Gasteiger partial charge >= 0.3 is 0 Å². The second-order valence-corrected chi connectivity index (χ2v) is 14.4. The van der Waals surface area contributed by atoms with Gasteiger partial charge in [-0.25, -0.2) is 4.99 Å². The first-order valence-corrected chi connectivity index (χ1v) is 18.3. The highest BCUT2D eigenvalue weighted by atomic mass is 32.1. The number of aliphatic imine (C=N–C) groups is 1. The van der Waals surface area contributed by atoms with E-state index in [1.165, 1.54) is 59.0 Å². The lowest BCUT2D eigenvalue weighted by Crippen LogP contribution is -2.36. The number of hydrogen-bond acceptors (Lipinski definition) is 4. The molecule has 8 aromatic rings. The number of fused-ring (bicyclic) bond motifs is 8. The molecule has 2 heterocycles. The first-order chi connectivity index (χ1) is 24.8. The molecule has 50 heavy (non-hydrogen) atoms. The van der Waals surface area contributed by atoms with E-state index in [0.29, 0.717) is 6.61 Å². The van der Waals surface area contributed by atoms with E-state index in [2.05, 4.69) is 157 Å². The number of rotatable bonds is 5. The van der Waals surface area contributed by atoms with Crippen molar-refractivity contribution in [2.24, 2.45) is 4.99 Å². The van der Waals surface area contributed by atoms with Crippen LogP contribution >= 0.6 is 11.3 Å². The highest BCUT2D eigenvalue weighted by molar-refractivity contribution is 7.25. The molecule has 7 aromatic carbocycles. The molecular formula is C46H34N2OS. The molecule has 1 aliphatic heterocycles. The predicted molar refractivity (Wildman–Crippen MR) is 213 cm³/mol. The van der Waals surface area contributed by atoms with Gasteiger partial charge in [-0.3, -0.25) is 0 Å². The van der Waals surface area contributed by atoms with Crippen molar-refractivity contribution >= 4 is 81.4 Å². The zero-order valence-electron chi connectivity index (χ0n) is 27.6. The predicted octanol–water partition coefficient (Wildman–Crippen LogP) is 12.6. The number of thiophene rings is 1. The van der Waals surface area contributed by atoms with Crippen LogP contribution in [0.2, 0.25) is 0 Å². The lowest BCUT2D eigenvalue weighted by Gasteiger charge is -2.40. The van der Waals surface area contributed by atoms with E-state index < -0.39 is 0 Å². The third-order valence-corrected chi connectivity index (χ3v) is 11.5. The van der Waals surface area contributed by atoms with Crippen molar-refractivity contribution in [3.63, 3.8) is 0 Å². The van der Waals surface area contributed by atoms with Gasteiger partial charge in [-0.2, -0.15) is 0 Å². The van der Waals surface area contributed by atoms with Crippen LogP contribution in [0.5, 0.6) is 5.75 Å². The van der Waals surface area contributed by atoms with E-state index >= 15 is 0 Å². The summed E-state index contributed by atoms with van der Waals surface area (Å²) in [5, 5.41) is 7.32. The van der Waals surface area contributed by atoms with E-state index in [9.17, 15) is 0 Å². The largest absolute Gasteiger partial charge is 0.491 e. The molecule has 0 saturated carbocycles. The molecule has 1 aromatic heterocycles. The maximum absolute atomic E-state index is 6.62. The minimum Gasteiger partial charge on any atom is -0.491 e. The van der Waals surface area contributed by atoms with Crippen molar-refractivity contribution in [3.05, 3.63) is 163 Å². The number of hydrogen-bond donors (Lipinski definition) is 0. The van der Waals surface area contributed by atoms with E-state index in [0.717, 1.165) is 47.2 Å². The number of benzene rings is 7. The van der Waals surface area contributed by atoms with Gasteiger partial charge in [-0.1, -0.05) is 115 Å². The van der Waals surface area contributed by atoms with Crippen molar-refractivity contribution in [3.8, 4) is 5.75 Å². The van der Waals surface area contributed by atoms with Gasteiger partial charge in [0.15, 0.2) is 5.75 Å². The molecule has 1 atom stereocenters. The van der Waals surface area contributed by atoms with Gasteiger partial charge in [-0.05, 0) is 88.5 Å². The Bertz CT molecular complexity index is 2640. The van der Waals surface area contributed by atoms with Gasteiger partial charge in [0, 0.05) is 42.6 Å². The summed E-state index contributed by atoms with van der Waals surface area (Å²) in [5.74, 6) is 0.880. The molecule has 0 amide bonds. The van der Waals surface area contributed by atoms with Crippen molar-refractivity contribution in [1.29, 1.82) is 0 Å². The van der Waals surface area contributed by atoms with E-state index in [1.54, 1.807) is 0 Å². The van der Waals surface area contributed by atoms with Gasteiger partial charge in [0.2, 0.25) is 0 Å². The van der Waals surface area contributed by atoms with Crippen molar-refractivity contribution in [2.75, 3.05) is 11.5 Å². The van der Waals surface area contributed by atoms with Crippen LogP contribution in [0.3, 0.4) is 0 Å². The average Bonchev–Trinajstić information content (AvgIpc) is 3.52. The van der Waals surface area contributed by atoms with Crippen LogP contribution in [0, 0.1) is 0 Å². The normalized spacial score (nSPS) is 15.9. The Morgan fingerprint density at radius 2 is 1.32 bits per heavy atom. The summed E-state index contributed by atoms with van der Waals surface area (Å²) < 4.78 is 9.26. The van der Waals surface area contributed by atoms with E-state index in [4.69, 9.17) is 9.73 Å². The fourth-order valence-corrected chi connectivity index (χ4v) is 8.97. The van der Waals surface area contributed by atoms with E-state index in [1.807, 2.05) is 11.3 Å². The molecule has 2 aliphatic rings. The summed E-state index contributed by atoms with van der Waals surface area (Å²) in [6.45, 7) is 0.655. The number of anilines is 2. The van der Waals surface area contributed by atoms with Gasteiger partial charge in [0.1, 0.15) is 5.69 Å². The first kappa shape index (κ1) is 29.2. The Balaban J connectivity index is 1.17. The first-order valence-electron chi connectivity index (χ1n) is 17.5. The molecule has 0 saturated heterocycles. The Labute approximate surface area is 295 Å². The molecule has 3 nitrogen and oxygen atoms in total. The average molecular weight is 663 g/mol. The zero-order valence-corrected chi connectivity index (χ0v) is 28.4. The summed E-state index contributed by atoms with van der Waals surface area (Å²) in [6, 6.07) is 53.1. The summed E-state index contributed by atoms with van der Waals surface area (Å²) in [7, 11) is 0. The highest BCUT2D eigenvalue weighted by Gasteiger charge is 2.31. The fourth-order valence-electron chi connectivity index (χ4n) is 7.83. The lowest BCUT2D eigenvalue weighted by atomic mass is 9.84. The van der Waals surface area contributed by atoms with Crippen LogP contribution in [-0.4, -0.2) is 18.4 Å². The molecule has 0 N–H and O–H groups in total. The van der Waals surface area contributed by atoms with Crippen LogP contribution in [0.1, 0.15) is 30.4 Å². The molecule has 10 rings (SSSR count). The summed E-state index contributed by atoms with van der Waals surface area (Å²) in [4.78, 5) is 7.81. The molecular weight excluding hydrogens is 629 g/mol. The van der Waals surface area contributed by atoms with Crippen molar-refractivity contribution < 1.29 is 4.74 Å². The SMILES string of the molecule is C1=C(c2ccccc2)[C@H](N(c2ccc3c(c2)sc2ccccc23)c2ccc3ccc4ccc5c(c4c3c2)OCCCC(c2ccccc2)=N5)C1. The van der Waals surface area contributed by atoms with Crippen molar-refractivity contribution in [2.45, 2.75) is 25.3 Å². The van der Waals surface area contributed by atoms with Crippen LogP contribution < -0.4 is 9.64 Å². The summed E-state index contributed by atoms with van der Waals surface area (Å²) in [5.41, 5.74) is 8.22. The molecule has 0 unspecified atom stereocenters. The van der Waals surface area contributed by atoms with Gasteiger partial charge in [0.05, 0.1) is 12.6 Å². The Hall–Kier alpha value is -5.71. The van der Waals surface area contributed by atoms with Crippen LogP contribution in [0.4, 0.5) is 17.1 Å². The minimum atomic E-state index is 0.214. The molecule has 4 heteroatoms. The van der Waals surface area contributed by atoms with Crippen LogP contribution in [0.15, 0.2) is 157 Å². The Morgan fingerprint density at radius 1 is 0.620 bits per heavy atom. The molecule has 0 spiro atoms. The Morgan fingerprint density at radius 3 is 2.16 bits per heavy atom. The van der Waals surface area contributed by atoms with Crippen molar-refractivity contribution in [1.82, 2.24) is 0 Å². The minimum absolute atomic E-state index is 0.214. The van der Waals surface area contributed by atoms with Crippen LogP contribution in [-0.2, 0) is 0 Å². The lowest BCUT2D eigenvalue weighted by molar-refractivity contribution is 0.317. The molecule has 1 aliphatic carbocycles. The van der Waals surface area contributed by atoms with Gasteiger partial charge in [-0.15, -0.1) is 11.3 Å². The second-order valence-electron chi connectivity index (χ2n) is 13.3. The number of ether oxygens (including phenoxy) is 1. The summed E-state index contributed by atoms with van der Waals surface area (Å²) >= 11 is 1.87. The quantitative estimate of drug-likeness (QED) is 0.171. The van der Waals surface area contributed by atoms with Crippen LogP contribution in [0.25, 0.3) is 47.3 Å². The molecule has 240 valence electrons. The fraction of sp³-hybridized carbons (Fsp3) is 0.109. The Kier molecular flexibility index (Phi) is 7.02. The standard InChI is InChI=1S/C46H34N2OS/c1-3-10-30(11-4-1)36-24-26-42(36)48(35-22-23-38-37-14-7-8-16-43(37)50-44(38)29-35)34-21-19-31-17-18-33-20-25-41-46(45(33)39(31)28-34)49-27-9-15-40(47-41)32-12-5-2-6-13-32/h1-8,10-14,16-25,28-29,42H,9,15,26-27H2/t42-/m1/s1. The molecule has 0 bridgehead atoms. The van der Waals surface area contributed by atoms with E-state index in [-0.39, 0.29) is 6.04 Å². The maximum atomic E-state index is 6.62. The van der Waals surface area contributed by atoms with Gasteiger partial charge in [0.25, 0.3) is 0 Å². The highest BCUT2D eigenvalue weighted by Crippen LogP contribution is 2.46. The monoisotopic (exact) mass is 662 g/mol. The molecule has 0 radical (unpaired) electrons. The topological polar surface area (TPSA) is 24.8 Å². The zero-order chi connectivity index (χ0) is 33.0.